The molecule has 0 amide bonds. The average molecular weight is 322 g/mol. The number of Topliss-reactive ketones (excluding diaryl/α,β-unsaturated/α-hetero) is 1. The van der Waals surface area contributed by atoms with Gasteiger partial charge in [-0.05, 0) is 12.1 Å². The molecule has 0 fully saturated rings. The molecule has 0 aliphatic carbocycles. The van der Waals surface area contributed by atoms with Gasteiger partial charge in [-0.2, -0.15) is 5.26 Å². The second kappa shape index (κ2) is 6.22. The normalized spacial score (nSPS) is 12.5. The molecule has 0 N–H and O–H groups in total. The predicted octanol–water partition coefficient (Wildman–Crippen LogP) is 3.11. The van der Waals surface area contributed by atoms with Crippen LogP contribution in [0.5, 0.6) is 11.5 Å². The van der Waals surface area contributed by atoms with Crippen molar-refractivity contribution in [3.8, 4) is 17.6 Å². The van der Waals surface area contributed by atoms with E-state index in [0.717, 1.165) is 0 Å². The van der Waals surface area contributed by atoms with E-state index in [-0.39, 0.29) is 29.4 Å². The third-order valence-corrected chi connectivity index (χ3v) is 3.42. The van der Waals surface area contributed by atoms with Crippen molar-refractivity contribution in [1.29, 1.82) is 5.26 Å². The second-order valence-electron chi connectivity index (χ2n) is 4.89. The molecule has 0 unspecified atom stereocenters. The molecule has 1 aliphatic rings. The van der Waals surface area contributed by atoms with Gasteiger partial charge < -0.3 is 9.47 Å². The van der Waals surface area contributed by atoms with Crippen LogP contribution in [0.3, 0.4) is 0 Å². The minimum atomic E-state index is -0.601. The Morgan fingerprint density at radius 1 is 1.21 bits per heavy atom. The minimum absolute atomic E-state index is 0.0340. The number of nitriles is 1. The van der Waals surface area contributed by atoms with Crippen LogP contribution < -0.4 is 9.47 Å². The molecule has 1 heterocycles. The molecular formula is C17H10N2O5. The van der Waals surface area contributed by atoms with E-state index in [1.165, 1.54) is 18.2 Å². The first-order valence-electron chi connectivity index (χ1n) is 6.89. The number of benzene rings is 2. The van der Waals surface area contributed by atoms with Crippen molar-refractivity contribution < 1.29 is 19.2 Å². The van der Waals surface area contributed by atoms with Crippen LogP contribution in [0.2, 0.25) is 0 Å². The summed E-state index contributed by atoms with van der Waals surface area (Å²) in [5.74, 6) is 0.0770. The van der Waals surface area contributed by atoms with Crippen molar-refractivity contribution in [3.63, 3.8) is 0 Å². The number of allylic oxidation sites excluding steroid dienone is 1. The highest BCUT2D eigenvalue weighted by atomic mass is 16.7. The van der Waals surface area contributed by atoms with Gasteiger partial charge in [-0.3, -0.25) is 14.9 Å². The Hall–Kier alpha value is -3.66. The Bertz CT molecular complexity index is 897. The largest absolute Gasteiger partial charge is 0.454 e. The van der Waals surface area contributed by atoms with Crippen molar-refractivity contribution >= 4 is 17.5 Å². The lowest BCUT2D eigenvalue weighted by Crippen LogP contribution is -2.02. The summed E-state index contributed by atoms with van der Waals surface area (Å²) in [5.41, 5.74) is -0.0465. The number of carbonyl (C=O) groups excluding carboxylic acids is 1. The zero-order valence-electron chi connectivity index (χ0n) is 12.3. The summed E-state index contributed by atoms with van der Waals surface area (Å²) in [6, 6.07) is 12.6. The van der Waals surface area contributed by atoms with E-state index in [1.54, 1.807) is 36.4 Å². The van der Waals surface area contributed by atoms with Crippen LogP contribution in [0.15, 0.2) is 48.0 Å². The Morgan fingerprint density at radius 2 is 1.88 bits per heavy atom. The molecule has 118 valence electrons. The van der Waals surface area contributed by atoms with Gasteiger partial charge >= 0.3 is 0 Å². The molecule has 0 aromatic heterocycles. The van der Waals surface area contributed by atoms with Gasteiger partial charge in [0.25, 0.3) is 5.69 Å². The maximum Gasteiger partial charge on any atom is 0.280 e. The smallest absolute Gasteiger partial charge is 0.280 e. The number of fused-ring (bicyclic) bond motifs is 1. The van der Waals surface area contributed by atoms with Gasteiger partial charge in [0.2, 0.25) is 12.6 Å². The summed E-state index contributed by atoms with van der Waals surface area (Å²) < 4.78 is 10.3. The molecule has 7 heteroatoms. The summed E-state index contributed by atoms with van der Waals surface area (Å²) in [6.45, 7) is -0.0340. The van der Waals surface area contributed by atoms with Crippen molar-refractivity contribution in [3.05, 3.63) is 69.3 Å². The molecule has 0 bridgehead atoms. The van der Waals surface area contributed by atoms with Crippen LogP contribution in [0.4, 0.5) is 5.69 Å². The number of ketones is 1. The van der Waals surface area contributed by atoms with E-state index < -0.39 is 10.7 Å². The fraction of sp³-hybridized carbons (Fsp3) is 0.0588. The van der Waals surface area contributed by atoms with E-state index in [9.17, 15) is 20.2 Å². The van der Waals surface area contributed by atoms with Crippen molar-refractivity contribution in [2.24, 2.45) is 0 Å². The molecule has 2 aromatic carbocycles. The predicted molar refractivity (Wildman–Crippen MR) is 83.6 cm³/mol. The highest BCUT2D eigenvalue weighted by Gasteiger charge is 2.23. The zero-order valence-corrected chi connectivity index (χ0v) is 12.3. The topological polar surface area (TPSA) is 102 Å². The zero-order chi connectivity index (χ0) is 17.1. The van der Waals surface area contributed by atoms with Gasteiger partial charge in [-0.15, -0.1) is 0 Å². The fourth-order valence-corrected chi connectivity index (χ4v) is 2.27. The lowest BCUT2D eigenvalue weighted by atomic mass is 10.0. The lowest BCUT2D eigenvalue weighted by molar-refractivity contribution is -0.385. The number of rotatable bonds is 4. The van der Waals surface area contributed by atoms with E-state index in [1.807, 2.05) is 0 Å². The Balaban J connectivity index is 2.07. The molecule has 7 nitrogen and oxygen atoms in total. The standard InChI is InChI=1S/C17H10N2O5/c18-9-13(17(20)11-4-2-1-3-5-11)6-12-7-15-16(24-10-23-15)8-14(12)19(21)22/h1-8H,10H2/b13-6+. The fourth-order valence-electron chi connectivity index (χ4n) is 2.27. The summed E-state index contributed by atoms with van der Waals surface area (Å²) in [5, 5.41) is 20.5. The third-order valence-electron chi connectivity index (χ3n) is 3.42. The molecule has 0 spiro atoms. The quantitative estimate of drug-likeness (QED) is 0.282. The minimum Gasteiger partial charge on any atom is -0.454 e. The highest BCUT2D eigenvalue weighted by molar-refractivity contribution is 6.14. The SMILES string of the molecule is N#C/C(=C\c1cc2c(cc1[N+](=O)[O-])OCO2)C(=O)c1ccccc1. The van der Waals surface area contributed by atoms with Crippen LogP contribution in [0.25, 0.3) is 6.08 Å². The number of hydrogen-bond donors (Lipinski definition) is 0. The molecule has 3 rings (SSSR count). The van der Waals surface area contributed by atoms with E-state index in [4.69, 9.17) is 9.47 Å². The van der Waals surface area contributed by atoms with Gasteiger partial charge in [0.05, 0.1) is 16.6 Å². The number of nitro groups is 1. The number of carbonyl (C=O) groups is 1. The molecule has 2 aromatic rings. The maximum atomic E-state index is 12.4. The third kappa shape index (κ3) is 2.80. The summed E-state index contributed by atoms with van der Waals surface area (Å²) >= 11 is 0. The van der Waals surface area contributed by atoms with Crippen molar-refractivity contribution in [1.82, 2.24) is 0 Å². The number of nitro benzene ring substituents is 1. The van der Waals surface area contributed by atoms with Crippen molar-refractivity contribution in [2.75, 3.05) is 6.79 Å². The second-order valence-corrected chi connectivity index (χ2v) is 4.89. The summed E-state index contributed by atoms with van der Waals surface area (Å²) in [6.07, 6.45) is 1.19. The van der Waals surface area contributed by atoms with E-state index in [2.05, 4.69) is 0 Å². The molecule has 1 aliphatic heterocycles. The van der Waals surface area contributed by atoms with Crippen LogP contribution in [0, 0.1) is 21.4 Å². The van der Waals surface area contributed by atoms with Gasteiger partial charge in [0.1, 0.15) is 11.6 Å². The number of nitrogens with zero attached hydrogens (tertiary/aromatic N) is 2. The molecule has 0 atom stereocenters. The van der Waals surface area contributed by atoms with Crippen LogP contribution in [-0.2, 0) is 0 Å². The first kappa shape index (κ1) is 15.2. The molecule has 0 saturated carbocycles. The lowest BCUT2D eigenvalue weighted by Gasteiger charge is -2.03. The molecular weight excluding hydrogens is 312 g/mol. The van der Waals surface area contributed by atoms with Crippen LogP contribution in [0.1, 0.15) is 15.9 Å². The molecule has 24 heavy (non-hydrogen) atoms. The molecule has 0 radical (unpaired) electrons. The average Bonchev–Trinajstić information content (AvgIpc) is 3.06. The first-order valence-corrected chi connectivity index (χ1v) is 6.89. The summed E-state index contributed by atoms with van der Waals surface area (Å²) in [7, 11) is 0. The summed E-state index contributed by atoms with van der Waals surface area (Å²) in [4.78, 5) is 23.0. The van der Waals surface area contributed by atoms with E-state index in [0.29, 0.717) is 11.3 Å². The van der Waals surface area contributed by atoms with Gasteiger partial charge in [-0.1, -0.05) is 30.3 Å². The first-order chi connectivity index (χ1) is 11.6. The maximum absolute atomic E-state index is 12.4. The van der Waals surface area contributed by atoms with Gasteiger partial charge in [0, 0.05) is 5.56 Å². The van der Waals surface area contributed by atoms with Gasteiger partial charge in [0.15, 0.2) is 11.5 Å². The van der Waals surface area contributed by atoms with Crippen LogP contribution in [-0.4, -0.2) is 17.5 Å². The van der Waals surface area contributed by atoms with Crippen LogP contribution >= 0.6 is 0 Å². The Kier molecular flexibility index (Phi) is 3.95. The van der Waals surface area contributed by atoms with Gasteiger partial charge in [-0.25, -0.2) is 0 Å². The highest BCUT2D eigenvalue weighted by Crippen LogP contribution is 2.38. The number of ether oxygens (including phenoxy) is 2. The monoisotopic (exact) mass is 322 g/mol. The Morgan fingerprint density at radius 3 is 2.50 bits per heavy atom. The number of hydrogen-bond acceptors (Lipinski definition) is 6. The van der Waals surface area contributed by atoms with Crippen molar-refractivity contribution in [2.45, 2.75) is 0 Å². The Labute approximate surface area is 136 Å². The van der Waals surface area contributed by atoms with E-state index >= 15 is 0 Å². The molecule has 0 saturated heterocycles.